The maximum absolute atomic E-state index is 11.9. The van der Waals surface area contributed by atoms with Gasteiger partial charge in [0.05, 0.1) is 0 Å². The fraction of sp³-hybridized carbons (Fsp3) is 0.368. The summed E-state index contributed by atoms with van der Waals surface area (Å²) in [6.07, 6.45) is 2.47. The first-order chi connectivity index (χ1) is 11.1. The molecule has 1 aromatic carbocycles. The number of nitrogens with zero attached hydrogens (tertiary/aromatic N) is 1. The van der Waals surface area contributed by atoms with E-state index in [9.17, 15) is 4.79 Å². The number of hydrogen-bond acceptors (Lipinski definition) is 3. The van der Waals surface area contributed by atoms with Gasteiger partial charge in [0.2, 0.25) is 0 Å². The second kappa shape index (κ2) is 8.32. The molecule has 0 unspecified atom stereocenters. The SMILES string of the molecule is Cc1ccc(C(C)C)cc1OCC(=O)NCCc1ccccn1. The number of nitrogens with one attached hydrogen (secondary N) is 1. The standard InChI is InChI=1S/C19H24N2O2/c1-14(2)16-8-7-15(3)18(12-16)23-13-19(22)21-11-9-17-6-4-5-10-20-17/h4-8,10,12,14H,9,11,13H2,1-3H3,(H,21,22). The van der Waals surface area contributed by atoms with Crippen molar-refractivity contribution in [3.05, 3.63) is 59.4 Å². The number of ether oxygens (including phenoxy) is 1. The fourth-order valence-electron chi connectivity index (χ4n) is 2.20. The predicted molar refractivity (Wildman–Crippen MR) is 91.7 cm³/mol. The van der Waals surface area contributed by atoms with E-state index in [0.717, 1.165) is 17.0 Å². The van der Waals surface area contributed by atoms with Gasteiger partial charge < -0.3 is 10.1 Å². The van der Waals surface area contributed by atoms with Gasteiger partial charge in [-0.05, 0) is 42.2 Å². The minimum atomic E-state index is -0.115. The van der Waals surface area contributed by atoms with Crippen molar-refractivity contribution >= 4 is 5.91 Å². The third-order valence-electron chi connectivity index (χ3n) is 3.67. The van der Waals surface area contributed by atoms with Gasteiger partial charge in [0.25, 0.3) is 5.91 Å². The molecule has 0 radical (unpaired) electrons. The van der Waals surface area contributed by atoms with E-state index in [1.807, 2.05) is 37.3 Å². The molecule has 4 nitrogen and oxygen atoms in total. The number of aromatic nitrogens is 1. The molecular formula is C19H24N2O2. The molecule has 0 atom stereocenters. The van der Waals surface area contributed by atoms with Crippen LogP contribution >= 0.6 is 0 Å². The Hall–Kier alpha value is -2.36. The van der Waals surface area contributed by atoms with Gasteiger partial charge in [0.1, 0.15) is 5.75 Å². The molecule has 1 N–H and O–H groups in total. The van der Waals surface area contributed by atoms with Crippen molar-refractivity contribution in [1.82, 2.24) is 10.3 Å². The Morgan fingerprint density at radius 1 is 1.26 bits per heavy atom. The number of amides is 1. The molecular weight excluding hydrogens is 288 g/mol. The molecule has 122 valence electrons. The van der Waals surface area contributed by atoms with Crippen molar-refractivity contribution in [3.8, 4) is 5.75 Å². The molecule has 4 heteroatoms. The van der Waals surface area contributed by atoms with Crippen LogP contribution in [0, 0.1) is 6.92 Å². The normalized spacial score (nSPS) is 10.6. The lowest BCUT2D eigenvalue weighted by atomic mass is 10.0. The van der Waals surface area contributed by atoms with Gasteiger partial charge in [-0.3, -0.25) is 9.78 Å². The summed E-state index contributed by atoms with van der Waals surface area (Å²) < 4.78 is 5.66. The maximum atomic E-state index is 11.9. The zero-order valence-electron chi connectivity index (χ0n) is 14.0. The topological polar surface area (TPSA) is 51.2 Å². The Labute approximate surface area is 137 Å². The molecule has 23 heavy (non-hydrogen) atoms. The summed E-state index contributed by atoms with van der Waals surface area (Å²) in [5, 5.41) is 2.85. The molecule has 0 aliphatic rings. The Kier molecular flexibility index (Phi) is 6.15. The highest BCUT2D eigenvalue weighted by Crippen LogP contribution is 2.24. The molecule has 0 fully saturated rings. The summed E-state index contributed by atoms with van der Waals surface area (Å²) in [4.78, 5) is 16.1. The van der Waals surface area contributed by atoms with Crippen LogP contribution in [0.25, 0.3) is 0 Å². The van der Waals surface area contributed by atoms with Gasteiger partial charge >= 0.3 is 0 Å². The molecule has 1 amide bonds. The van der Waals surface area contributed by atoms with Crippen LogP contribution in [0.1, 0.15) is 36.6 Å². The Morgan fingerprint density at radius 2 is 2.09 bits per heavy atom. The van der Waals surface area contributed by atoms with Gasteiger partial charge in [-0.1, -0.05) is 32.0 Å². The van der Waals surface area contributed by atoms with Gasteiger partial charge in [-0.15, -0.1) is 0 Å². The highest BCUT2D eigenvalue weighted by atomic mass is 16.5. The molecule has 0 aliphatic heterocycles. The first kappa shape index (κ1) is 17.0. The highest BCUT2D eigenvalue weighted by Gasteiger charge is 2.07. The first-order valence-corrected chi connectivity index (χ1v) is 7.96. The van der Waals surface area contributed by atoms with E-state index in [1.54, 1.807) is 6.20 Å². The van der Waals surface area contributed by atoms with Crippen molar-refractivity contribution in [2.75, 3.05) is 13.2 Å². The lowest BCUT2D eigenvalue weighted by Gasteiger charge is -2.13. The van der Waals surface area contributed by atoms with Crippen LogP contribution in [0.2, 0.25) is 0 Å². The molecule has 2 aromatic rings. The lowest BCUT2D eigenvalue weighted by Crippen LogP contribution is -2.30. The number of carbonyl (C=O) groups excluding carboxylic acids is 1. The second-order valence-electron chi connectivity index (χ2n) is 5.89. The molecule has 0 aliphatic carbocycles. The van der Waals surface area contributed by atoms with Crippen LogP contribution < -0.4 is 10.1 Å². The number of rotatable bonds is 7. The monoisotopic (exact) mass is 312 g/mol. The Morgan fingerprint density at radius 3 is 2.78 bits per heavy atom. The molecule has 0 saturated heterocycles. The van der Waals surface area contributed by atoms with E-state index in [-0.39, 0.29) is 12.5 Å². The molecule has 0 bridgehead atoms. The van der Waals surface area contributed by atoms with Gasteiger partial charge in [-0.2, -0.15) is 0 Å². The number of aryl methyl sites for hydroxylation is 1. The Bertz CT molecular complexity index is 639. The zero-order valence-corrected chi connectivity index (χ0v) is 14.0. The number of carbonyl (C=O) groups is 1. The minimum absolute atomic E-state index is 0.0323. The molecule has 0 saturated carbocycles. The van der Waals surface area contributed by atoms with Gasteiger partial charge in [0.15, 0.2) is 6.61 Å². The average molecular weight is 312 g/mol. The van der Waals surface area contributed by atoms with E-state index in [1.165, 1.54) is 5.56 Å². The number of benzene rings is 1. The van der Waals surface area contributed by atoms with E-state index >= 15 is 0 Å². The van der Waals surface area contributed by atoms with Crippen molar-refractivity contribution in [2.45, 2.75) is 33.1 Å². The van der Waals surface area contributed by atoms with Crippen molar-refractivity contribution in [3.63, 3.8) is 0 Å². The quantitative estimate of drug-likeness (QED) is 0.854. The summed E-state index contributed by atoms with van der Waals surface area (Å²) in [6.45, 7) is 6.85. The van der Waals surface area contributed by atoms with Gasteiger partial charge in [-0.25, -0.2) is 0 Å². The largest absolute Gasteiger partial charge is 0.483 e. The van der Waals surface area contributed by atoms with E-state index in [2.05, 4.69) is 30.2 Å². The van der Waals surface area contributed by atoms with Crippen LogP contribution in [0.5, 0.6) is 5.75 Å². The molecule has 0 spiro atoms. The number of hydrogen-bond donors (Lipinski definition) is 1. The van der Waals surface area contributed by atoms with Crippen LogP contribution in [0.15, 0.2) is 42.6 Å². The van der Waals surface area contributed by atoms with Crippen LogP contribution in [-0.4, -0.2) is 24.0 Å². The van der Waals surface area contributed by atoms with Crippen LogP contribution in [-0.2, 0) is 11.2 Å². The second-order valence-corrected chi connectivity index (χ2v) is 5.89. The highest BCUT2D eigenvalue weighted by molar-refractivity contribution is 5.77. The third-order valence-corrected chi connectivity index (χ3v) is 3.67. The van der Waals surface area contributed by atoms with E-state index < -0.39 is 0 Å². The zero-order chi connectivity index (χ0) is 16.7. The predicted octanol–water partition coefficient (Wildman–Crippen LogP) is 3.25. The summed E-state index contributed by atoms with van der Waals surface area (Å²) in [6, 6.07) is 11.9. The summed E-state index contributed by atoms with van der Waals surface area (Å²) in [5.74, 6) is 1.09. The molecule has 1 heterocycles. The van der Waals surface area contributed by atoms with Crippen molar-refractivity contribution in [1.29, 1.82) is 0 Å². The maximum Gasteiger partial charge on any atom is 0.257 e. The summed E-state index contributed by atoms with van der Waals surface area (Å²) >= 11 is 0. The summed E-state index contributed by atoms with van der Waals surface area (Å²) in [5.41, 5.74) is 3.21. The number of pyridine rings is 1. The molecule has 1 aromatic heterocycles. The van der Waals surface area contributed by atoms with Crippen LogP contribution in [0.4, 0.5) is 0 Å². The fourth-order valence-corrected chi connectivity index (χ4v) is 2.20. The molecule has 2 rings (SSSR count). The first-order valence-electron chi connectivity index (χ1n) is 7.96. The smallest absolute Gasteiger partial charge is 0.257 e. The lowest BCUT2D eigenvalue weighted by molar-refractivity contribution is -0.123. The Balaban J connectivity index is 1.79. The van der Waals surface area contributed by atoms with E-state index in [4.69, 9.17) is 4.74 Å². The minimum Gasteiger partial charge on any atom is -0.483 e. The van der Waals surface area contributed by atoms with Gasteiger partial charge in [0, 0.05) is 24.9 Å². The summed E-state index contributed by atoms with van der Waals surface area (Å²) in [7, 11) is 0. The average Bonchev–Trinajstić information content (AvgIpc) is 2.55. The van der Waals surface area contributed by atoms with Crippen molar-refractivity contribution < 1.29 is 9.53 Å². The van der Waals surface area contributed by atoms with Crippen LogP contribution in [0.3, 0.4) is 0 Å². The van der Waals surface area contributed by atoms with E-state index in [0.29, 0.717) is 18.9 Å². The third kappa shape index (κ3) is 5.40. The van der Waals surface area contributed by atoms with Crippen molar-refractivity contribution in [2.24, 2.45) is 0 Å².